The van der Waals surface area contributed by atoms with Crippen LogP contribution in [0.4, 0.5) is 10.1 Å². The van der Waals surface area contributed by atoms with Crippen LogP contribution in [0.2, 0.25) is 0 Å². The van der Waals surface area contributed by atoms with E-state index in [9.17, 15) is 9.18 Å². The smallest absolute Gasteiger partial charge is 0.225 e. The predicted molar refractivity (Wildman–Crippen MR) is 107 cm³/mol. The topological polar surface area (TPSA) is 47.6 Å². The number of hydrogen-bond acceptors (Lipinski definition) is 3. The quantitative estimate of drug-likeness (QED) is 0.628. The lowest BCUT2D eigenvalue weighted by Gasteiger charge is -2.19. The van der Waals surface area contributed by atoms with Gasteiger partial charge in [0.05, 0.1) is 14.2 Å². The zero-order chi connectivity index (χ0) is 19.9. The third kappa shape index (κ3) is 4.88. The molecule has 3 aromatic rings. The fourth-order valence-corrected chi connectivity index (χ4v) is 3.03. The van der Waals surface area contributed by atoms with Crippen molar-refractivity contribution in [2.24, 2.45) is 0 Å². The number of halogens is 1. The maximum Gasteiger partial charge on any atom is 0.225 e. The first kappa shape index (κ1) is 19.4. The van der Waals surface area contributed by atoms with Gasteiger partial charge in [-0.2, -0.15) is 0 Å². The monoisotopic (exact) mass is 379 g/mol. The highest BCUT2D eigenvalue weighted by Crippen LogP contribution is 2.31. The molecule has 0 fully saturated rings. The van der Waals surface area contributed by atoms with Crippen molar-refractivity contribution in [3.05, 3.63) is 89.7 Å². The van der Waals surface area contributed by atoms with Gasteiger partial charge in [-0.3, -0.25) is 4.79 Å². The molecular formula is C23H22FNO3. The molecule has 5 heteroatoms. The standard InChI is InChI=1S/C23H22FNO3/c1-27-20-11-3-16(4-12-20)22(17-5-13-21(28-2)14-6-17)15-23(26)25-19-9-7-18(24)8-10-19/h3-14,22H,15H2,1-2H3,(H,25,26). The third-order valence-corrected chi connectivity index (χ3v) is 4.55. The van der Waals surface area contributed by atoms with Crippen molar-refractivity contribution in [2.45, 2.75) is 12.3 Å². The summed E-state index contributed by atoms with van der Waals surface area (Å²) in [6.07, 6.45) is 0.246. The van der Waals surface area contributed by atoms with E-state index < -0.39 is 0 Å². The second kappa shape index (κ2) is 9.04. The Morgan fingerprint density at radius 1 is 0.821 bits per heavy atom. The number of benzene rings is 3. The molecule has 0 bridgehead atoms. The lowest BCUT2D eigenvalue weighted by atomic mass is 9.88. The summed E-state index contributed by atoms with van der Waals surface area (Å²) in [4.78, 5) is 12.6. The van der Waals surface area contributed by atoms with Gasteiger partial charge in [0, 0.05) is 18.0 Å². The molecule has 0 aliphatic rings. The van der Waals surface area contributed by atoms with E-state index in [0.29, 0.717) is 5.69 Å². The van der Waals surface area contributed by atoms with E-state index in [1.165, 1.54) is 12.1 Å². The molecule has 0 atom stereocenters. The average Bonchev–Trinajstić information content (AvgIpc) is 2.74. The van der Waals surface area contributed by atoms with Crippen molar-refractivity contribution in [1.82, 2.24) is 0 Å². The molecule has 0 radical (unpaired) electrons. The molecule has 3 rings (SSSR count). The van der Waals surface area contributed by atoms with E-state index in [1.54, 1.807) is 26.4 Å². The predicted octanol–water partition coefficient (Wildman–Crippen LogP) is 5.00. The van der Waals surface area contributed by atoms with Crippen LogP contribution in [0.3, 0.4) is 0 Å². The van der Waals surface area contributed by atoms with Crippen molar-refractivity contribution >= 4 is 11.6 Å². The minimum Gasteiger partial charge on any atom is -0.497 e. The maximum absolute atomic E-state index is 13.1. The van der Waals surface area contributed by atoms with Crippen LogP contribution in [-0.2, 0) is 4.79 Å². The van der Waals surface area contributed by atoms with Crippen LogP contribution in [0.5, 0.6) is 11.5 Å². The number of nitrogens with one attached hydrogen (secondary N) is 1. The Morgan fingerprint density at radius 2 is 1.29 bits per heavy atom. The van der Waals surface area contributed by atoms with Gasteiger partial charge in [0.1, 0.15) is 17.3 Å². The van der Waals surface area contributed by atoms with Crippen molar-refractivity contribution in [1.29, 1.82) is 0 Å². The number of hydrogen-bond donors (Lipinski definition) is 1. The number of rotatable bonds is 7. The SMILES string of the molecule is COc1ccc(C(CC(=O)Nc2ccc(F)cc2)c2ccc(OC)cc2)cc1. The molecule has 0 aliphatic carbocycles. The third-order valence-electron chi connectivity index (χ3n) is 4.55. The summed E-state index contributed by atoms with van der Waals surface area (Å²) in [6, 6.07) is 21.1. The van der Waals surface area contributed by atoms with Crippen LogP contribution < -0.4 is 14.8 Å². The molecule has 0 heterocycles. The van der Waals surface area contributed by atoms with E-state index in [1.807, 2.05) is 48.5 Å². The fourth-order valence-electron chi connectivity index (χ4n) is 3.03. The van der Waals surface area contributed by atoms with Crippen LogP contribution in [0, 0.1) is 5.82 Å². The number of anilines is 1. The zero-order valence-electron chi connectivity index (χ0n) is 15.8. The number of carbonyl (C=O) groups is 1. The lowest BCUT2D eigenvalue weighted by molar-refractivity contribution is -0.116. The second-order valence-corrected chi connectivity index (χ2v) is 6.36. The first-order valence-electron chi connectivity index (χ1n) is 8.92. The summed E-state index contributed by atoms with van der Waals surface area (Å²) in [5, 5.41) is 2.83. The molecule has 28 heavy (non-hydrogen) atoms. The van der Waals surface area contributed by atoms with Gasteiger partial charge in [-0.05, 0) is 59.7 Å². The van der Waals surface area contributed by atoms with Crippen LogP contribution in [-0.4, -0.2) is 20.1 Å². The summed E-state index contributed by atoms with van der Waals surface area (Å²) < 4.78 is 23.5. The highest BCUT2D eigenvalue weighted by Gasteiger charge is 2.19. The molecule has 0 saturated carbocycles. The number of methoxy groups -OCH3 is 2. The second-order valence-electron chi connectivity index (χ2n) is 6.36. The van der Waals surface area contributed by atoms with Crippen molar-refractivity contribution < 1.29 is 18.7 Å². The van der Waals surface area contributed by atoms with Crippen LogP contribution in [0.1, 0.15) is 23.5 Å². The Morgan fingerprint density at radius 3 is 1.71 bits per heavy atom. The Hall–Kier alpha value is -3.34. The van der Waals surface area contributed by atoms with Gasteiger partial charge in [-0.25, -0.2) is 4.39 Å². The number of ether oxygens (including phenoxy) is 2. The summed E-state index contributed by atoms with van der Waals surface area (Å²) in [5.74, 6) is 0.883. The summed E-state index contributed by atoms with van der Waals surface area (Å²) in [5.41, 5.74) is 2.56. The molecule has 144 valence electrons. The van der Waals surface area contributed by atoms with Crippen molar-refractivity contribution in [3.63, 3.8) is 0 Å². The van der Waals surface area contributed by atoms with E-state index in [0.717, 1.165) is 22.6 Å². The zero-order valence-corrected chi connectivity index (χ0v) is 15.8. The molecule has 1 N–H and O–H groups in total. The summed E-state index contributed by atoms with van der Waals surface area (Å²) >= 11 is 0. The number of carbonyl (C=O) groups excluding carboxylic acids is 1. The molecule has 0 saturated heterocycles. The minimum atomic E-state index is -0.340. The van der Waals surface area contributed by atoms with Gasteiger partial charge in [0.15, 0.2) is 0 Å². The minimum absolute atomic E-state index is 0.141. The van der Waals surface area contributed by atoms with Crippen LogP contribution in [0.25, 0.3) is 0 Å². The molecule has 0 unspecified atom stereocenters. The molecule has 3 aromatic carbocycles. The molecule has 1 amide bonds. The summed E-state index contributed by atoms with van der Waals surface area (Å²) in [7, 11) is 3.23. The van der Waals surface area contributed by atoms with E-state index in [4.69, 9.17) is 9.47 Å². The number of amides is 1. The van der Waals surface area contributed by atoms with E-state index >= 15 is 0 Å². The van der Waals surface area contributed by atoms with E-state index in [2.05, 4.69) is 5.32 Å². The largest absolute Gasteiger partial charge is 0.497 e. The molecule has 0 aliphatic heterocycles. The van der Waals surface area contributed by atoms with Gasteiger partial charge < -0.3 is 14.8 Å². The lowest BCUT2D eigenvalue weighted by Crippen LogP contribution is -2.16. The van der Waals surface area contributed by atoms with Gasteiger partial charge >= 0.3 is 0 Å². The van der Waals surface area contributed by atoms with Crippen molar-refractivity contribution in [2.75, 3.05) is 19.5 Å². The highest BCUT2D eigenvalue weighted by atomic mass is 19.1. The van der Waals surface area contributed by atoms with Crippen LogP contribution >= 0.6 is 0 Å². The molecule has 4 nitrogen and oxygen atoms in total. The Bertz CT molecular complexity index is 859. The molecule has 0 aromatic heterocycles. The van der Waals surface area contributed by atoms with Gasteiger partial charge in [0.25, 0.3) is 0 Å². The van der Waals surface area contributed by atoms with Gasteiger partial charge in [-0.1, -0.05) is 24.3 Å². The summed E-state index contributed by atoms with van der Waals surface area (Å²) in [6.45, 7) is 0. The Balaban J connectivity index is 1.83. The van der Waals surface area contributed by atoms with E-state index in [-0.39, 0.29) is 24.1 Å². The molecular weight excluding hydrogens is 357 g/mol. The first-order valence-corrected chi connectivity index (χ1v) is 8.92. The van der Waals surface area contributed by atoms with Crippen molar-refractivity contribution in [3.8, 4) is 11.5 Å². The van der Waals surface area contributed by atoms with Gasteiger partial charge in [0.2, 0.25) is 5.91 Å². The normalized spacial score (nSPS) is 10.6. The Kier molecular flexibility index (Phi) is 6.27. The first-order chi connectivity index (χ1) is 13.6. The fraction of sp³-hybridized carbons (Fsp3) is 0.174. The van der Waals surface area contributed by atoms with Gasteiger partial charge in [-0.15, -0.1) is 0 Å². The Labute approximate surface area is 163 Å². The molecule has 0 spiro atoms. The van der Waals surface area contributed by atoms with Crippen LogP contribution in [0.15, 0.2) is 72.8 Å². The maximum atomic E-state index is 13.1. The average molecular weight is 379 g/mol. The highest BCUT2D eigenvalue weighted by molar-refractivity contribution is 5.91.